The van der Waals surface area contributed by atoms with Gasteiger partial charge in [-0.2, -0.15) is 0 Å². The molecule has 1 aromatic heterocycles. The number of rotatable bonds is 4. The van der Waals surface area contributed by atoms with Crippen molar-refractivity contribution in [3.05, 3.63) is 54.2 Å². The van der Waals surface area contributed by atoms with Gasteiger partial charge in [-0.3, -0.25) is 0 Å². The van der Waals surface area contributed by atoms with Gasteiger partial charge in [0.25, 0.3) is 0 Å². The second-order valence-corrected chi connectivity index (χ2v) is 6.61. The van der Waals surface area contributed by atoms with E-state index in [2.05, 4.69) is 86.5 Å². The van der Waals surface area contributed by atoms with Crippen LogP contribution in [0.3, 0.4) is 0 Å². The maximum atomic E-state index is 3.63. The van der Waals surface area contributed by atoms with E-state index in [1.807, 2.05) is 0 Å². The highest BCUT2D eigenvalue weighted by molar-refractivity contribution is 14.1. The molecular weight excluding hydrogens is 409 g/mol. The highest BCUT2D eigenvalue weighted by Crippen LogP contribution is 2.34. The fourth-order valence-corrected chi connectivity index (χ4v) is 4.16. The molecule has 1 heterocycles. The van der Waals surface area contributed by atoms with Crippen LogP contribution in [-0.4, -0.2) is 6.54 Å². The molecular formula is C13H13BrINS. The van der Waals surface area contributed by atoms with Crippen molar-refractivity contribution in [2.45, 2.75) is 13.0 Å². The fourth-order valence-electron chi connectivity index (χ4n) is 1.77. The summed E-state index contributed by atoms with van der Waals surface area (Å²) in [7, 11) is 0. The standard InChI is InChI=1S/C13H13BrINS/c1-2-16-12(13-10(14)7-8-17-13)9-5-3-4-6-11(9)15/h3-8,12,16H,2H2,1H3. The maximum Gasteiger partial charge on any atom is 0.0692 e. The van der Waals surface area contributed by atoms with Crippen LogP contribution in [0.2, 0.25) is 0 Å². The number of hydrogen-bond donors (Lipinski definition) is 1. The predicted octanol–water partition coefficient (Wildman–Crippen LogP) is 4.81. The van der Waals surface area contributed by atoms with E-state index in [-0.39, 0.29) is 6.04 Å². The number of nitrogens with one attached hydrogen (secondary N) is 1. The Balaban J connectivity index is 2.43. The molecule has 1 nitrogen and oxygen atoms in total. The van der Waals surface area contributed by atoms with Crippen molar-refractivity contribution >= 4 is 49.9 Å². The lowest BCUT2D eigenvalue weighted by molar-refractivity contribution is 0.635. The molecule has 0 aliphatic carbocycles. The zero-order chi connectivity index (χ0) is 12.3. The van der Waals surface area contributed by atoms with E-state index in [9.17, 15) is 0 Å². The Kier molecular flexibility index (Phi) is 5.02. The SMILES string of the molecule is CCNC(c1ccccc1I)c1sccc1Br. The molecule has 1 unspecified atom stereocenters. The first kappa shape index (κ1) is 13.5. The molecule has 0 amide bonds. The molecule has 17 heavy (non-hydrogen) atoms. The van der Waals surface area contributed by atoms with Gasteiger partial charge in [0.05, 0.1) is 6.04 Å². The molecule has 0 aliphatic rings. The van der Waals surface area contributed by atoms with Gasteiger partial charge in [0.2, 0.25) is 0 Å². The number of halogens is 2. The Morgan fingerprint density at radius 2 is 2.12 bits per heavy atom. The van der Waals surface area contributed by atoms with E-state index < -0.39 is 0 Å². The van der Waals surface area contributed by atoms with E-state index in [1.54, 1.807) is 11.3 Å². The first-order valence-corrected chi connectivity index (χ1v) is 8.20. The summed E-state index contributed by atoms with van der Waals surface area (Å²) in [6, 6.07) is 10.9. The second-order valence-electron chi connectivity index (χ2n) is 3.64. The Morgan fingerprint density at radius 3 is 2.71 bits per heavy atom. The van der Waals surface area contributed by atoms with E-state index in [0.717, 1.165) is 6.54 Å². The van der Waals surface area contributed by atoms with Gasteiger partial charge in [0.1, 0.15) is 0 Å². The monoisotopic (exact) mass is 421 g/mol. The highest BCUT2D eigenvalue weighted by atomic mass is 127. The van der Waals surface area contributed by atoms with Crippen LogP contribution in [0.4, 0.5) is 0 Å². The van der Waals surface area contributed by atoms with Gasteiger partial charge in [-0.15, -0.1) is 11.3 Å². The zero-order valence-electron chi connectivity index (χ0n) is 9.41. The summed E-state index contributed by atoms with van der Waals surface area (Å²) < 4.78 is 2.49. The Morgan fingerprint density at radius 1 is 1.35 bits per heavy atom. The number of thiophene rings is 1. The lowest BCUT2D eigenvalue weighted by atomic mass is 10.1. The van der Waals surface area contributed by atoms with Gasteiger partial charge >= 0.3 is 0 Å². The van der Waals surface area contributed by atoms with Crippen LogP contribution in [-0.2, 0) is 0 Å². The lowest BCUT2D eigenvalue weighted by Crippen LogP contribution is -2.22. The molecule has 0 spiro atoms. The summed E-state index contributed by atoms with van der Waals surface area (Å²) in [5, 5.41) is 5.68. The van der Waals surface area contributed by atoms with Crippen LogP contribution in [0.25, 0.3) is 0 Å². The van der Waals surface area contributed by atoms with E-state index in [0.29, 0.717) is 0 Å². The first-order chi connectivity index (χ1) is 8.24. The van der Waals surface area contributed by atoms with Crippen LogP contribution in [0, 0.1) is 3.57 Å². The number of benzene rings is 1. The van der Waals surface area contributed by atoms with Crippen LogP contribution in [0.5, 0.6) is 0 Å². The molecule has 0 saturated heterocycles. The third-order valence-corrected chi connectivity index (χ3v) is 5.45. The lowest BCUT2D eigenvalue weighted by Gasteiger charge is -2.19. The summed E-state index contributed by atoms with van der Waals surface area (Å²) >= 11 is 7.82. The smallest absolute Gasteiger partial charge is 0.0692 e. The third-order valence-electron chi connectivity index (χ3n) is 2.53. The summed E-state index contributed by atoms with van der Waals surface area (Å²) in [4.78, 5) is 1.34. The van der Waals surface area contributed by atoms with Crippen molar-refractivity contribution in [3.63, 3.8) is 0 Å². The molecule has 0 aliphatic heterocycles. The van der Waals surface area contributed by atoms with Crippen LogP contribution >= 0.6 is 49.9 Å². The number of hydrogen-bond acceptors (Lipinski definition) is 2. The van der Waals surface area contributed by atoms with Gasteiger partial charge < -0.3 is 5.32 Å². The van der Waals surface area contributed by atoms with Gasteiger partial charge in [0.15, 0.2) is 0 Å². The topological polar surface area (TPSA) is 12.0 Å². The van der Waals surface area contributed by atoms with E-state index >= 15 is 0 Å². The highest BCUT2D eigenvalue weighted by Gasteiger charge is 2.18. The van der Waals surface area contributed by atoms with Gasteiger partial charge in [-0.25, -0.2) is 0 Å². The zero-order valence-corrected chi connectivity index (χ0v) is 14.0. The molecule has 0 fully saturated rings. The summed E-state index contributed by atoms with van der Waals surface area (Å²) in [5.41, 5.74) is 1.35. The van der Waals surface area contributed by atoms with Crippen molar-refractivity contribution in [1.82, 2.24) is 5.32 Å². The maximum absolute atomic E-state index is 3.63. The molecule has 2 aromatic rings. The summed E-state index contributed by atoms with van der Waals surface area (Å²) in [6.45, 7) is 3.10. The quantitative estimate of drug-likeness (QED) is 0.698. The minimum atomic E-state index is 0.280. The van der Waals surface area contributed by atoms with Crippen molar-refractivity contribution < 1.29 is 0 Å². The summed E-state index contributed by atoms with van der Waals surface area (Å²) in [6.07, 6.45) is 0. The van der Waals surface area contributed by atoms with E-state index in [4.69, 9.17) is 0 Å². The van der Waals surface area contributed by atoms with Crippen molar-refractivity contribution in [2.75, 3.05) is 6.54 Å². The first-order valence-electron chi connectivity index (χ1n) is 5.44. The third kappa shape index (κ3) is 3.10. The van der Waals surface area contributed by atoms with Crippen molar-refractivity contribution in [1.29, 1.82) is 0 Å². The molecule has 0 bridgehead atoms. The molecule has 90 valence electrons. The average molecular weight is 422 g/mol. The van der Waals surface area contributed by atoms with Gasteiger partial charge in [-0.05, 0) is 68.1 Å². The summed E-state index contributed by atoms with van der Waals surface area (Å²) in [5.74, 6) is 0. The van der Waals surface area contributed by atoms with Crippen molar-refractivity contribution in [2.24, 2.45) is 0 Å². The Bertz CT molecular complexity index is 498. The molecule has 1 aromatic carbocycles. The molecule has 4 heteroatoms. The van der Waals surface area contributed by atoms with Crippen molar-refractivity contribution in [3.8, 4) is 0 Å². The fraction of sp³-hybridized carbons (Fsp3) is 0.231. The van der Waals surface area contributed by atoms with Crippen LogP contribution < -0.4 is 5.32 Å². The molecule has 1 N–H and O–H groups in total. The van der Waals surface area contributed by atoms with Crippen LogP contribution in [0.1, 0.15) is 23.4 Å². The normalized spacial score (nSPS) is 12.6. The van der Waals surface area contributed by atoms with Gasteiger partial charge in [-0.1, -0.05) is 25.1 Å². The minimum absolute atomic E-state index is 0.280. The largest absolute Gasteiger partial charge is 0.306 e. The Labute approximate surface area is 128 Å². The van der Waals surface area contributed by atoms with E-state index in [1.165, 1.54) is 18.5 Å². The molecule has 2 rings (SSSR count). The molecule has 0 saturated carbocycles. The van der Waals surface area contributed by atoms with Gasteiger partial charge in [0, 0.05) is 12.9 Å². The minimum Gasteiger partial charge on any atom is -0.306 e. The molecule has 0 radical (unpaired) electrons. The van der Waals surface area contributed by atoms with Crippen LogP contribution in [0.15, 0.2) is 40.2 Å². The average Bonchev–Trinajstić information content (AvgIpc) is 2.74. The predicted molar refractivity (Wildman–Crippen MR) is 86.7 cm³/mol. The second kappa shape index (κ2) is 6.31. The molecule has 1 atom stereocenters. The Hall–Kier alpha value is 0.0900.